The number of pyridine rings is 2. The number of nitrogens with zero attached hydrogens (tertiary/aromatic N) is 6. The van der Waals surface area contributed by atoms with Crippen molar-refractivity contribution < 1.29 is 4.52 Å². The monoisotopic (exact) mass is 406 g/mol. The summed E-state index contributed by atoms with van der Waals surface area (Å²) in [5.41, 5.74) is 3.39. The van der Waals surface area contributed by atoms with Crippen LogP contribution in [0.1, 0.15) is 44.0 Å². The zero-order valence-corrected chi connectivity index (χ0v) is 18.0. The van der Waals surface area contributed by atoms with Crippen molar-refractivity contribution in [3.05, 3.63) is 51.8 Å². The number of hydrogen-bond donors (Lipinski definition) is 0. The van der Waals surface area contributed by atoms with E-state index in [0.717, 1.165) is 35.7 Å². The highest BCUT2D eigenvalue weighted by Crippen LogP contribution is 2.32. The van der Waals surface area contributed by atoms with E-state index in [9.17, 15) is 10.1 Å². The van der Waals surface area contributed by atoms with Gasteiger partial charge in [0.15, 0.2) is 0 Å². The highest BCUT2D eigenvalue weighted by atomic mass is 16.5. The van der Waals surface area contributed by atoms with Crippen molar-refractivity contribution in [1.82, 2.24) is 19.6 Å². The molecule has 0 saturated carbocycles. The fourth-order valence-corrected chi connectivity index (χ4v) is 4.37. The lowest BCUT2D eigenvalue weighted by Crippen LogP contribution is -2.57. The highest BCUT2D eigenvalue weighted by Gasteiger charge is 2.34. The van der Waals surface area contributed by atoms with Gasteiger partial charge in [-0.2, -0.15) is 5.26 Å². The average Bonchev–Trinajstić information content (AvgIpc) is 3.17. The Labute approximate surface area is 175 Å². The van der Waals surface area contributed by atoms with E-state index in [-0.39, 0.29) is 23.7 Å². The van der Waals surface area contributed by atoms with E-state index in [2.05, 4.69) is 46.8 Å². The van der Waals surface area contributed by atoms with E-state index >= 15 is 0 Å². The van der Waals surface area contributed by atoms with Crippen molar-refractivity contribution in [1.29, 1.82) is 5.26 Å². The average molecular weight is 406 g/mol. The Morgan fingerprint density at radius 2 is 2.00 bits per heavy atom. The third-order valence-electron chi connectivity index (χ3n) is 6.10. The van der Waals surface area contributed by atoms with Gasteiger partial charge in [-0.1, -0.05) is 5.16 Å². The number of fused-ring (bicyclic) bond motifs is 1. The van der Waals surface area contributed by atoms with Crippen LogP contribution in [0.5, 0.6) is 0 Å². The van der Waals surface area contributed by atoms with E-state index < -0.39 is 0 Å². The van der Waals surface area contributed by atoms with Crippen LogP contribution in [-0.2, 0) is 7.05 Å². The molecule has 4 heterocycles. The molecule has 3 aromatic heterocycles. The van der Waals surface area contributed by atoms with Crippen LogP contribution in [0.4, 0.5) is 5.69 Å². The lowest BCUT2D eigenvalue weighted by Gasteiger charge is -2.47. The summed E-state index contributed by atoms with van der Waals surface area (Å²) in [7, 11) is 1.73. The van der Waals surface area contributed by atoms with Gasteiger partial charge in [0.25, 0.3) is 5.56 Å². The first kappa shape index (κ1) is 20.1. The van der Waals surface area contributed by atoms with Gasteiger partial charge in [0, 0.05) is 44.4 Å². The SMILES string of the molecule is Cc1cc(C(C)N2C[C@H](C)N(c3cc(=O)n(C)c4ccc(C#N)nc34)CC2C)no1. The summed E-state index contributed by atoms with van der Waals surface area (Å²) in [6, 6.07) is 9.68. The van der Waals surface area contributed by atoms with Gasteiger partial charge in [0.05, 0.1) is 17.2 Å². The number of aromatic nitrogens is 3. The molecule has 0 aromatic carbocycles. The fraction of sp³-hybridized carbons (Fsp3) is 0.455. The molecule has 0 amide bonds. The molecule has 0 spiro atoms. The van der Waals surface area contributed by atoms with Crippen LogP contribution in [0.15, 0.2) is 33.6 Å². The second kappa shape index (κ2) is 7.58. The third-order valence-corrected chi connectivity index (χ3v) is 6.10. The number of piperazine rings is 1. The quantitative estimate of drug-likeness (QED) is 0.660. The predicted octanol–water partition coefficient (Wildman–Crippen LogP) is 2.76. The van der Waals surface area contributed by atoms with Crippen molar-refractivity contribution in [2.75, 3.05) is 18.0 Å². The van der Waals surface area contributed by atoms with Gasteiger partial charge < -0.3 is 14.0 Å². The maximum atomic E-state index is 12.6. The van der Waals surface area contributed by atoms with Gasteiger partial charge in [0.2, 0.25) is 0 Å². The molecule has 0 aliphatic carbocycles. The highest BCUT2D eigenvalue weighted by molar-refractivity contribution is 5.89. The minimum Gasteiger partial charge on any atom is -0.364 e. The second-order valence-electron chi connectivity index (χ2n) is 8.19. The summed E-state index contributed by atoms with van der Waals surface area (Å²) in [6.07, 6.45) is 0. The van der Waals surface area contributed by atoms with Gasteiger partial charge in [-0.3, -0.25) is 9.69 Å². The molecule has 0 bridgehead atoms. The maximum Gasteiger partial charge on any atom is 0.252 e. The van der Waals surface area contributed by atoms with Crippen LogP contribution in [0.2, 0.25) is 0 Å². The summed E-state index contributed by atoms with van der Waals surface area (Å²) in [5.74, 6) is 0.808. The predicted molar refractivity (Wildman–Crippen MR) is 114 cm³/mol. The van der Waals surface area contributed by atoms with Gasteiger partial charge in [-0.15, -0.1) is 0 Å². The minimum absolute atomic E-state index is 0.0854. The molecule has 1 saturated heterocycles. The molecule has 8 heteroatoms. The van der Waals surface area contributed by atoms with Gasteiger partial charge >= 0.3 is 0 Å². The Morgan fingerprint density at radius 3 is 2.67 bits per heavy atom. The smallest absolute Gasteiger partial charge is 0.252 e. The Bertz CT molecular complexity index is 1190. The van der Waals surface area contributed by atoms with E-state index in [1.165, 1.54) is 0 Å². The van der Waals surface area contributed by atoms with Crippen molar-refractivity contribution in [3.8, 4) is 6.07 Å². The lowest BCUT2D eigenvalue weighted by molar-refractivity contribution is 0.115. The second-order valence-corrected chi connectivity index (χ2v) is 8.19. The molecule has 1 aliphatic rings. The zero-order chi connectivity index (χ0) is 21.6. The van der Waals surface area contributed by atoms with Crippen LogP contribution >= 0.6 is 0 Å². The number of rotatable bonds is 3. The van der Waals surface area contributed by atoms with E-state index in [4.69, 9.17) is 4.52 Å². The Balaban J connectivity index is 1.71. The molecule has 1 fully saturated rings. The molecule has 2 unspecified atom stereocenters. The number of nitriles is 1. The Hall–Kier alpha value is -3.18. The number of anilines is 1. The first-order valence-corrected chi connectivity index (χ1v) is 10.2. The molecule has 30 heavy (non-hydrogen) atoms. The van der Waals surface area contributed by atoms with Crippen LogP contribution in [0.3, 0.4) is 0 Å². The van der Waals surface area contributed by atoms with Crippen LogP contribution < -0.4 is 10.5 Å². The van der Waals surface area contributed by atoms with Crippen molar-refractivity contribution in [2.45, 2.75) is 45.8 Å². The third kappa shape index (κ3) is 3.35. The summed E-state index contributed by atoms with van der Waals surface area (Å²) in [4.78, 5) is 21.8. The zero-order valence-electron chi connectivity index (χ0n) is 18.0. The summed E-state index contributed by atoms with van der Waals surface area (Å²) in [6.45, 7) is 9.92. The lowest BCUT2D eigenvalue weighted by atomic mass is 10.0. The molecular weight excluding hydrogens is 380 g/mol. The van der Waals surface area contributed by atoms with Crippen molar-refractivity contribution >= 4 is 16.7 Å². The van der Waals surface area contributed by atoms with Crippen LogP contribution in [-0.4, -0.2) is 44.8 Å². The Kier molecular flexibility index (Phi) is 5.08. The molecule has 0 radical (unpaired) electrons. The summed E-state index contributed by atoms with van der Waals surface area (Å²) in [5, 5.41) is 13.5. The molecule has 0 N–H and O–H groups in total. The van der Waals surface area contributed by atoms with Crippen molar-refractivity contribution in [3.63, 3.8) is 0 Å². The van der Waals surface area contributed by atoms with Gasteiger partial charge in [-0.25, -0.2) is 4.98 Å². The maximum absolute atomic E-state index is 12.6. The van der Waals surface area contributed by atoms with Crippen LogP contribution in [0, 0.1) is 18.3 Å². The Morgan fingerprint density at radius 1 is 1.23 bits per heavy atom. The standard InChI is InChI=1S/C22H26N6O2/c1-13-12-28(14(2)11-27(13)16(4)18-8-15(3)30-25-18)20-9-21(29)26(5)19-7-6-17(10-23)24-22(19)20/h6-9,13-14,16H,11-12H2,1-5H3/t13?,14-,16?/m0/s1. The minimum atomic E-state index is -0.0854. The molecule has 3 atom stereocenters. The first-order valence-electron chi connectivity index (χ1n) is 10.2. The van der Waals surface area contributed by atoms with Gasteiger partial charge in [0.1, 0.15) is 28.7 Å². The van der Waals surface area contributed by atoms with Crippen molar-refractivity contribution in [2.24, 2.45) is 7.05 Å². The summed E-state index contributed by atoms with van der Waals surface area (Å²) >= 11 is 0. The first-order chi connectivity index (χ1) is 14.3. The molecule has 8 nitrogen and oxygen atoms in total. The summed E-state index contributed by atoms with van der Waals surface area (Å²) < 4.78 is 6.84. The molecule has 156 valence electrons. The fourth-order valence-electron chi connectivity index (χ4n) is 4.37. The van der Waals surface area contributed by atoms with Crippen LogP contribution in [0.25, 0.3) is 11.0 Å². The van der Waals surface area contributed by atoms with E-state index in [0.29, 0.717) is 11.2 Å². The van der Waals surface area contributed by atoms with E-state index in [1.807, 2.05) is 13.0 Å². The number of aryl methyl sites for hydroxylation is 2. The van der Waals surface area contributed by atoms with E-state index in [1.54, 1.807) is 29.8 Å². The topological polar surface area (TPSA) is 91.2 Å². The number of hydrogen-bond acceptors (Lipinski definition) is 7. The normalized spacial score (nSPS) is 21.0. The molecular formula is C22H26N6O2. The largest absolute Gasteiger partial charge is 0.364 e. The van der Waals surface area contributed by atoms with Gasteiger partial charge in [-0.05, 0) is 39.8 Å². The molecule has 4 rings (SSSR count). The molecule has 1 aliphatic heterocycles. The molecule has 3 aromatic rings.